The number of hydrogen-bond donors (Lipinski definition) is 1. The Balaban J connectivity index is 1.26. The SMILES string of the molecule is Cc1cnn(C)c1-c1ccc(NC[C@H]2C[C@@H]3CN(C(=O)OC(C)(C)C)C[C@@H]3C2)nn1. The van der Waals surface area contributed by atoms with Crippen LogP contribution in [0.25, 0.3) is 11.4 Å². The van der Waals surface area contributed by atoms with E-state index in [0.717, 1.165) is 55.2 Å². The second kappa shape index (κ2) is 7.89. The van der Waals surface area contributed by atoms with Crippen LogP contribution in [0.5, 0.6) is 0 Å². The van der Waals surface area contributed by atoms with Crippen molar-refractivity contribution < 1.29 is 9.53 Å². The number of ether oxygens (including phenoxy) is 1. The number of hydrogen-bond acceptors (Lipinski definition) is 6. The van der Waals surface area contributed by atoms with Crippen LogP contribution in [0.1, 0.15) is 39.2 Å². The Labute approximate surface area is 178 Å². The molecule has 0 aromatic carbocycles. The van der Waals surface area contributed by atoms with Crippen LogP contribution in [0.4, 0.5) is 10.6 Å². The summed E-state index contributed by atoms with van der Waals surface area (Å²) in [7, 11) is 1.91. The van der Waals surface area contributed by atoms with Crippen molar-refractivity contribution in [2.24, 2.45) is 24.8 Å². The molecule has 2 fully saturated rings. The summed E-state index contributed by atoms with van der Waals surface area (Å²) in [6.45, 7) is 10.3. The minimum atomic E-state index is -0.437. The van der Waals surface area contributed by atoms with E-state index in [0.29, 0.717) is 17.8 Å². The summed E-state index contributed by atoms with van der Waals surface area (Å²) in [6.07, 6.45) is 3.93. The molecular formula is C22H32N6O2. The van der Waals surface area contributed by atoms with Crippen molar-refractivity contribution >= 4 is 11.9 Å². The van der Waals surface area contributed by atoms with Gasteiger partial charge in [-0.1, -0.05) is 0 Å². The smallest absolute Gasteiger partial charge is 0.410 e. The first-order chi connectivity index (χ1) is 14.2. The van der Waals surface area contributed by atoms with E-state index in [9.17, 15) is 4.79 Å². The largest absolute Gasteiger partial charge is 0.444 e. The molecule has 1 aliphatic heterocycles. The average Bonchev–Trinajstić information content (AvgIpc) is 3.32. The van der Waals surface area contributed by atoms with Crippen molar-refractivity contribution in [2.45, 2.75) is 46.1 Å². The van der Waals surface area contributed by atoms with Crippen LogP contribution in [0.15, 0.2) is 18.3 Å². The van der Waals surface area contributed by atoms with E-state index in [2.05, 4.69) is 20.6 Å². The first-order valence-electron chi connectivity index (χ1n) is 10.7. The third-order valence-electron chi connectivity index (χ3n) is 6.10. The van der Waals surface area contributed by atoms with Crippen LogP contribution in [0.2, 0.25) is 0 Å². The summed E-state index contributed by atoms with van der Waals surface area (Å²) in [6, 6.07) is 3.97. The van der Waals surface area contributed by atoms with Gasteiger partial charge in [0.05, 0.1) is 11.9 Å². The van der Waals surface area contributed by atoms with Gasteiger partial charge in [0.2, 0.25) is 0 Å². The average molecular weight is 413 g/mol. The fraction of sp³-hybridized carbons (Fsp3) is 0.636. The highest BCUT2D eigenvalue weighted by molar-refractivity contribution is 5.68. The van der Waals surface area contributed by atoms with E-state index < -0.39 is 5.60 Å². The molecule has 8 heteroatoms. The Morgan fingerprint density at radius 3 is 2.43 bits per heavy atom. The lowest BCUT2D eigenvalue weighted by Gasteiger charge is -2.25. The lowest BCUT2D eigenvalue weighted by Crippen LogP contribution is -2.36. The molecule has 3 atom stereocenters. The molecule has 1 aliphatic carbocycles. The molecule has 1 saturated carbocycles. The Morgan fingerprint density at radius 1 is 1.20 bits per heavy atom. The second-order valence-corrected chi connectivity index (χ2v) is 9.73. The lowest BCUT2D eigenvalue weighted by molar-refractivity contribution is 0.0278. The molecule has 3 heterocycles. The van der Waals surface area contributed by atoms with E-state index in [1.165, 1.54) is 0 Å². The number of amides is 1. The maximum absolute atomic E-state index is 12.3. The maximum atomic E-state index is 12.3. The van der Waals surface area contributed by atoms with E-state index in [1.54, 1.807) is 0 Å². The van der Waals surface area contributed by atoms with Gasteiger partial charge >= 0.3 is 6.09 Å². The monoisotopic (exact) mass is 412 g/mol. The van der Waals surface area contributed by atoms with Crippen molar-refractivity contribution in [3.63, 3.8) is 0 Å². The number of carbonyl (C=O) groups excluding carboxylic acids is 1. The fourth-order valence-electron chi connectivity index (χ4n) is 4.78. The van der Waals surface area contributed by atoms with Crippen molar-refractivity contribution in [3.05, 3.63) is 23.9 Å². The molecule has 0 spiro atoms. The molecule has 4 rings (SSSR count). The Kier molecular flexibility index (Phi) is 5.42. The van der Waals surface area contributed by atoms with Gasteiger partial charge in [-0.15, -0.1) is 10.2 Å². The topological polar surface area (TPSA) is 85.2 Å². The van der Waals surface area contributed by atoms with Crippen molar-refractivity contribution in [1.29, 1.82) is 0 Å². The number of anilines is 1. The number of aryl methyl sites for hydroxylation is 2. The van der Waals surface area contributed by atoms with Crippen LogP contribution >= 0.6 is 0 Å². The quantitative estimate of drug-likeness (QED) is 0.827. The van der Waals surface area contributed by atoms with Gasteiger partial charge in [0.1, 0.15) is 17.1 Å². The second-order valence-electron chi connectivity index (χ2n) is 9.73. The predicted molar refractivity (Wildman–Crippen MR) is 115 cm³/mol. The highest BCUT2D eigenvalue weighted by atomic mass is 16.6. The van der Waals surface area contributed by atoms with Crippen LogP contribution in [-0.2, 0) is 11.8 Å². The van der Waals surface area contributed by atoms with Gasteiger partial charge in [0, 0.05) is 26.7 Å². The van der Waals surface area contributed by atoms with Gasteiger partial charge < -0.3 is 15.0 Å². The fourth-order valence-corrected chi connectivity index (χ4v) is 4.78. The third-order valence-corrected chi connectivity index (χ3v) is 6.10. The molecule has 2 aliphatic rings. The number of nitrogens with one attached hydrogen (secondary N) is 1. The molecule has 1 amide bonds. The van der Waals surface area contributed by atoms with Crippen LogP contribution in [0, 0.1) is 24.7 Å². The number of nitrogens with zero attached hydrogens (tertiary/aromatic N) is 5. The molecule has 30 heavy (non-hydrogen) atoms. The van der Waals surface area contributed by atoms with Gasteiger partial charge in [-0.05, 0) is 76.0 Å². The first kappa shape index (κ1) is 20.6. The summed E-state index contributed by atoms with van der Waals surface area (Å²) >= 11 is 0. The van der Waals surface area contributed by atoms with Crippen LogP contribution < -0.4 is 5.32 Å². The number of rotatable bonds is 4. The molecule has 162 valence electrons. The Morgan fingerprint density at radius 2 is 1.90 bits per heavy atom. The zero-order chi connectivity index (χ0) is 21.5. The van der Waals surface area contributed by atoms with Gasteiger partial charge in [-0.3, -0.25) is 4.68 Å². The number of aromatic nitrogens is 4. The van der Waals surface area contributed by atoms with Crippen LogP contribution in [-0.4, -0.2) is 56.2 Å². The van der Waals surface area contributed by atoms with Crippen molar-refractivity contribution in [3.8, 4) is 11.4 Å². The normalized spacial score (nSPS) is 23.5. The molecular weight excluding hydrogens is 380 g/mol. The van der Waals surface area contributed by atoms with Gasteiger partial charge in [0.25, 0.3) is 0 Å². The molecule has 2 aromatic rings. The van der Waals surface area contributed by atoms with Gasteiger partial charge in [-0.2, -0.15) is 5.10 Å². The van der Waals surface area contributed by atoms with E-state index in [4.69, 9.17) is 4.74 Å². The number of carbonyl (C=O) groups is 1. The summed E-state index contributed by atoms with van der Waals surface area (Å²) in [5.74, 6) is 2.55. The standard InChI is InChI=1S/C22H32N6O2/c1-14-10-24-27(5)20(14)18-6-7-19(26-25-18)23-11-15-8-16-12-28(13-17(16)9-15)21(29)30-22(2,3)4/h6-7,10,15-17H,8-9,11-13H2,1-5H3,(H,23,26)/t15-,16+,17-. The van der Waals surface area contributed by atoms with E-state index in [-0.39, 0.29) is 6.09 Å². The number of fused-ring (bicyclic) bond motifs is 1. The maximum Gasteiger partial charge on any atom is 0.410 e. The van der Waals surface area contributed by atoms with Crippen molar-refractivity contribution in [2.75, 3.05) is 25.0 Å². The summed E-state index contributed by atoms with van der Waals surface area (Å²) < 4.78 is 7.35. The van der Waals surface area contributed by atoms with Crippen LogP contribution in [0.3, 0.4) is 0 Å². The summed E-state index contributed by atoms with van der Waals surface area (Å²) in [5.41, 5.74) is 2.47. The van der Waals surface area contributed by atoms with Gasteiger partial charge in [-0.25, -0.2) is 4.79 Å². The summed E-state index contributed by atoms with van der Waals surface area (Å²) in [5, 5.41) is 16.4. The molecule has 0 unspecified atom stereocenters. The third kappa shape index (κ3) is 4.42. The Hall–Kier alpha value is -2.64. The molecule has 0 radical (unpaired) electrons. The molecule has 8 nitrogen and oxygen atoms in total. The molecule has 2 aromatic heterocycles. The van der Waals surface area contributed by atoms with E-state index in [1.807, 2.05) is 62.7 Å². The lowest BCUT2D eigenvalue weighted by atomic mass is 10.0. The van der Waals surface area contributed by atoms with Gasteiger partial charge in [0.15, 0.2) is 0 Å². The van der Waals surface area contributed by atoms with E-state index >= 15 is 0 Å². The highest BCUT2D eigenvalue weighted by Gasteiger charge is 2.43. The summed E-state index contributed by atoms with van der Waals surface area (Å²) in [4.78, 5) is 14.2. The highest BCUT2D eigenvalue weighted by Crippen LogP contribution is 2.41. The Bertz CT molecular complexity index is 868. The number of likely N-dealkylation sites (tertiary alicyclic amines) is 1. The minimum Gasteiger partial charge on any atom is -0.444 e. The zero-order valence-electron chi connectivity index (χ0n) is 18.6. The molecule has 1 saturated heterocycles. The minimum absolute atomic E-state index is 0.175. The first-order valence-corrected chi connectivity index (χ1v) is 10.7. The predicted octanol–water partition coefficient (Wildman–Crippen LogP) is 3.49. The zero-order valence-corrected chi connectivity index (χ0v) is 18.6. The molecule has 0 bridgehead atoms. The molecule has 1 N–H and O–H groups in total. The van der Waals surface area contributed by atoms with Crippen molar-refractivity contribution in [1.82, 2.24) is 24.9 Å².